The first kappa shape index (κ1) is 14.0. The number of halogens is 3. The van der Waals surface area contributed by atoms with E-state index in [0.717, 1.165) is 0 Å². The van der Waals surface area contributed by atoms with Gasteiger partial charge in [0.2, 0.25) is 0 Å². The molecule has 20 heavy (non-hydrogen) atoms. The zero-order valence-electron chi connectivity index (χ0n) is 10.2. The van der Waals surface area contributed by atoms with Crippen molar-refractivity contribution in [3.05, 3.63) is 39.8 Å². The van der Waals surface area contributed by atoms with Gasteiger partial charge in [-0.15, -0.1) is 0 Å². The monoisotopic (exact) mass is 286 g/mol. The predicted octanol–water partition coefficient (Wildman–Crippen LogP) is 1.81. The normalized spacial score (nSPS) is 11.6. The maximum absolute atomic E-state index is 12.3. The number of benzene rings is 1. The molecule has 1 aromatic carbocycles. The molecule has 0 bridgehead atoms. The molecular formula is C12H9F3N2O3. The van der Waals surface area contributed by atoms with Crippen molar-refractivity contribution in [2.75, 3.05) is 7.11 Å². The van der Waals surface area contributed by atoms with Crippen molar-refractivity contribution in [2.24, 2.45) is 0 Å². The molecule has 0 saturated carbocycles. The van der Waals surface area contributed by atoms with Gasteiger partial charge in [-0.05, 0) is 18.2 Å². The quantitative estimate of drug-likeness (QED) is 0.855. The number of aromatic amines is 1. The van der Waals surface area contributed by atoms with Gasteiger partial charge >= 0.3 is 12.1 Å². The zero-order chi connectivity index (χ0) is 14.9. The smallest absolute Gasteiger partial charge is 0.394 e. The van der Waals surface area contributed by atoms with E-state index in [1.807, 2.05) is 0 Å². The maximum Gasteiger partial charge on any atom is 0.394 e. The third kappa shape index (κ3) is 2.95. The Hall–Kier alpha value is -2.38. The highest BCUT2D eigenvalue weighted by Gasteiger charge is 2.30. The summed E-state index contributed by atoms with van der Waals surface area (Å²) in [5.41, 5.74) is -1.05. The van der Waals surface area contributed by atoms with Gasteiger partial charge < -0.3 is 9.72 Å². The summed E-state index contributed by atoms with van der Waals surface area (Å²) in [5.74, 6) is -0.618. The second-order valence-electron chi connectivity index (χ2n) is 4.03. The van der Waals surface area contributed by atoms with Crippen LogP contribution in [0.5, 0.6) is 0 Å². The number of hydrogen-bond acceptors (Lipinski definition) is 4. The van der Waals surface area contributed by atoms with Crippen LogP contribution >= 0.6 is 0 Å². The molecule has 5 nitrogen and oxygen atoms in total. The lowest BCUT2D eigenvalue weighted by Gasteiger charge is -2.06. The van der Waals surface area contributed by atoms with E-state index < -0.39 is 29.8 Å². The number of esters is 1. The van der Waals surface area contributed by atoms with Crippen LogP contribution in [0.3, 0.4) is 0 Å². The average Bonchev–Trinajstić information content (AvgIpc) is 2.36. The number of aromatic nitrogens is 2. The number of H-pyrrole nitrogens is 1. The van der Waals surface area contributed by atoms with Gasteiger partial charge in [0.05, 0.1) is 30.1 Å². The van der Waals surface area contributed by atoms with Crippen molar-refractivity contribution in [1.29, 1.82) is 0 Å². The van der Waals surface area contributed by atoms with E-state index in [9.17, 15) is 22.8 Å². The van der Waals surface area contributed by atoms with Gasteiger partial charge in [-0.1, -0.05) is 0 Å². The van der Waals surface area contributed by atoms with Crippen LogP contribution in [0.1, 0.15) is 16.1 Å². The fraction of sp³-hybridized carbons (Fsp3) is 0.250. The number of fused-ring (bicyclic) bond motifs is 1. The largest absolute Gasteiger partial charge is 0.465 e. The number of nitrogens with one attached hydrogen (secondary N) is 1. The van der Waals surface area contributed by atoms with Crippen LogP contribution in [0.4, 0.5) is 13.2 Å². The molecule has 0 amide bonds. The van der Waals surface area contributed by atoms with E-state index in [1.165, 1.54) is 25.3 Å². The number of hydrogen-bond donors (Lipinski definition) is 1. The summed E-state index contributed by atoms with van der Waals surface area (Å²) in [6, 6.07) is 4.00. The molecule has 106 valence electrons. The van der Waals surface area contributed by atoms with Crippen molar-refractivity contribution >= 4 is 17.0 Å². The standard InChI is InChI=1S/C12H9F3N2O3/c1-20-11(19)6-2-3-7-8(4-6)17-10(18)9(16-7)5-12(13,14)15/h2-4H,5H2,1H3,(H,17,18). The highest BCUT2D eigenvalue weighted by molar-refractivity contribution is 5.93. The third-order valence-corrected chi connectivity index (χ3v) is 2.55. The van der Waals surface area contributed by atoms with Gasteiger partial charge in [0.15, 0.2) is 0 Å². The van der Waals surface area contributed by atoms with Gasteiger partial charge in [0, 0.05) is 0 Å². The summed E-state index contributed by atoms with van der Waals surface area (Å²) in [7, 11) is 1.19. The first-order valence-corrected chi connectivity index (χ1v) is 5.48. The summed E-state index contributed by atoms with van der Waals surface area (Å²) in [4.78, 5) is 28.8. The van der Waals surface area contributed by atoms with E-state index >= 15 is 0 Å². The molecule has 8 heteroatoms. The Kier molecular flexibility index (Phi) is 3.47. The van der Waals surface area contributed by atoms with Gasteiger partial charge in [-0.25, -0.2) is 9.78 Å². The van der Waals surface area contributed by atoms with Gasteiger partial charge in [-0.3, -0.25) is 4.79 Å². The molecule has 0 fully saturated rings. The summed E-state index contributed by atoms with van der Waals surface area (Å²) in [5, 5.41) is 0. The molecule has 0 aliphatic heterocycles. The average molecular weight is 286 g/mol. The minimum absolute atomic E-state index is 0.163. The Morgan fingerprint density at radius 2 is 2.10 bits per heavy atom. The lowest BCUT2D eigenvalue weighted by Crippen LogP contribution is -2.22. The maximum atomic E-state index is 12.3. The van der Waals surface area contributed by atoms with Crippen LogP contribution in [0, 0.1) is 0 Å². The first-order chi connectivity index (χ1) is 9.30. The molecule has 0 unspecified atom stereocenters. The van der Waals surface area contributed by atoms with E-state index in [2.05, 4.69) is 14.7 Å². The topological polar surface area (TPSA) is 72.0 Å². The Labute approximate surface area is 110 Å². The molecule has 0 radical (unpaired) electrons. The second kappa shape index (κ2) is 4.95. The van der Waals surface area contributed by atoms with E-state index in [1.54, 1.807) is 0 Å². The van der Waals surface area contributed by atoms with E-state index in [-0.39, 0.29) is 16.6 Å². The summed E-state index contributed by atoms with van der Waals surface area (Å²) in [6.07, 6.45) is -5.92. The lowest BCUT2D eigenvalue weighted by molar-refractivity contribution is -0.128. The first-order valence-electron chi connectivity index (χ1n) is 5.48. The Morgan fingerprint density at radius 1 is 1.40 bits per heavy atom. The van der Waals surface area contributed by atoms with Crippen molar-refractivity contribution in [1.82, 2.24) is 9.97 Å². The van der Waals surface area contributed by atoms with Crippen molar-refractivity contribution in [3.8, 4) is 0 Å². The number of carbonyl (C=O) groups is 1. The number of carbonyl (C=O) groups excluding carboxylic acids is 1. The predicted molar refractivity (Wildman–Crippen MR) is 63.5 cm³/mol. The SMILES string of the molecule is COC(=O)c1ccc2nc(CC(F)(F)F)c(=O)[nH]c2c1. The third-order valence-electron chi connectivity index (χ3n) is 2.55. The number of rotatable bonds is 2. The molecule has 0 aliphatic carbocycles. The Morgan fingerprint density at radius 3 is 2.70 bits per heavy atom. The minimum atomic E-state index is -4.51. The molecule has 0 aliphatic rings. The van der Waals surface area contributed by atoms with E-state index in [4.69, 9.17) is 0 Å². The molecule has 1 aromatic heterocycles. The van der Waals surface area contributed by atoms with Crippen LogP contribution in [-0.4, -0.2) is 29.2 Å². The molecule has 1 N–H and O–H groups in total. The number of ether oxygens (including phenoxy) is 1. The van der Waals surface area contributed by atoms with Crippen molar-refractivity contribution < 1.29 is 22.7 Å². The van der Waals surface area contributed by atoms with E-state index in [0.29, 0.717) is 0 Å². The summed E-state index contributed by atoms with van der Waals surface area (Å²) < 4.78 is 41.4. The Bertz CT molecular complexity index is 722. The summed E-state index contributed by atoms with van der Waals surface area (Å²) >= 11 is 0. The second-order valence-corrected chi connectivity index (χ2v) is 4.03. The molecule has 2 rings (SSSR count). The fourth-order valence-corrected chi connectivity index (χ4v) is 1.68. The highest BCUT2D eigenvalue weighted by atomic mass is 19.4. The molecule has 0 atom stereocenters. The van der Waals surface area contributed by atoms with Crippen molar-refractivity contribution in [2.45, 2.75) is 12.6 Å². The molecule has 0 spiro atoms. The number of alkyl halides is 3. The van der Waals surface area contributed by atoms with Crippen molar-refractivity contribution in [3.63, 3.8) is 0 Å². The molecule has 1 heterocycles. The van der Waals surface area contributed by atoms with Crippen LogP contribution in [0.25, 0.3) is 11.0 Å². The zero-order valence-corrected chi connectivity index (χ0v) is 10.2. The number of nitrogens with zero attached hydrogens (tertiary/aromatic N) is 1. The van der Waals surface area contributed by atoms with Gasteiger partial charge in [0.25, 0.3) is 5.56 Å². The molecular weight excluding hydrogens is 277 g/mol. The van der Waals surface area contributed by atoms with Crippen LogP contribution in [0.2, 0.25) is 0 Å². The van der Waals surface area contributed by atoms with Crippen LogP contribution in [0.15, 0.2) is 23.0 Å². The molecule has 2 aromatic rings. The number of methoxy groups -OCH3 is 1. The fourth-order valence-electron chi connectivity index (χ4n) is 1.68. The molecule has 0 saturated heterocycles. The van der Waals surface area contributed by atoms with Gasteiger partial charge in [-0.2, -0.15) is 13.2 Å². The van der Waals surface area contributed by atoms with Crippen LogP contribution < -0.4 is 5.56 Å². The summed E-state index contributed by atoms with van der Waals surface area (Å²) in [6.45, 7) is 0. The Balaban J connectivity index is 2.51. The lowest BCUT2D eigenvalue weighted by atomic mass is 10.2. The minimum Gasteiger partial charge on any atom is -0.465 e. The van der Waals surface area contributed by atoms with Gasteiger partial charge in [0.1, 0.15) is 5.69 Å². The highest BCUT2D eigenvalue weighted by Crippen LogP contribution is 2.19. The van der Waals surface area contributed by atoms with Crippen LogP contribution in [-0.2, 0) is 11.2 Å².